The molecule has 0 saturated heterocycles. The van der Waals surface area contributed by atoms with Crippen LogP contribution in [0.25, 0.3) is 0 Å². The van der Waals surface area contributed by atoms with E-state index in [0.717, 1.165) is 0 Å². The van der Waals surface area contributed by atoms with Crippen LogP contribution in [0.5, 0.6) is 0 Å². The van der Waals surface area contributed by atoms with E-state index in [1.807, 2.05) is 27.7 Å². The van der Waals surface area contributed by atoms with Crippen molar-refractivity contribution in [1.82, 2.24) is 56.4 Å². The first-order valence-electron chi connectivity index (χ1n) is 12.4. The molecule has 2 N–H and O–H groups in total. The van der Waals surface area contributed by atoms with Gasteiger partial charge >= 0.3 is 23.7 Å². The number of nitrogens with one attached hydrogen (secondary N) is 2. The molecule has 18 nitrogen and oxygen atoms in total. The van der Waals surface area contributed by atoms with Gasteiger partial charge in [0, 0.05) is 0 Å². The van der Waals surface area contributed by atoms with Crippen molar-refractivity contribution in [3.63, 3.8) is 0 Å². The molecular formula is C21H37N12O6+. The van der Waals surface area contributed by atoms with Crippen LogP contribution >= 0.6 is 0 Å². The average molecular weight is 554 g/mol. The van der Waals surface area contributed by atoms with Crippen LogP contribution in [-0.4, -0.2) is 94.1 Å². The third kappa shape index (κ3) is 13.1. The van der Waals surface area contributed by atoms with Gasteiger partial charge in [-0.05, 0) is 53.7 Å². The van der Waals surface area contributed by atoms with E-state index in [2.05, 4.69) is 56.3 Å². The van der Waals surface area contributed by atoms with E-state index >= 15 is 0 Å². The average Bonchev–Trinajstić information content (AvgIpc) is 3.63. The summed E-state index contributed by atoms with van der Waals surface area (Å²) in [5.41, 5.74) is 0. The van der Waals surface area contributed by atoms with Crippen LogP contribution < -0.4 is 4.68 Å². The Labute approximate surface area is 225 Å². The van der Waals surface area contributed by atoms with E-state index in [9.17, 15) is 14.4 Å². The molecule has 0 aliphatic carbocycles. The zero-order valence-corrected chi connectivity index (χ0v) is 23.3. The van der Waals surface area contributed by atoms with Crippen LogP contribution in [0.15, 0.2) is 0 Å². The molecule has 0 saturated carbocycles. The largest absolute Gasteiger partial charge is 0.466 e. The Morgan fingerprint density at radius 1 is 0.795 bits per heavy atom. The van der Waals surface area contributed by atoms with E-state index in [0.29, 0.717) is 37.3 Å². The Morgan fingerprint density at radius 3 is 1.82 bits per heavy atom. The first-order valence-corrected chi connectivity index (χ1v) is 12.4. The SMILES string of the molecule is CCOC(=O)Cc1nn[nH][n+]1C(C)C.CCOC(=O)Cc1nn[nH]n1.CCOC(=O)Cc1nnn(C(C)C)n1. The molecule has 3 aromatic rings. The van der Waals surface area contributed by atoms with Crippen molar-refractivity contribution < 1.29 is 33.3 Å². The molecule has 0 bridgehead atoms. The van der Waals surface area contributed by atoms with E-state index in [1.165, 1.54) is 4.80 Å². The van der Waals surface area contributed by atoms with Gasteiger partial charge in [-0.25, -0.2) is 0 Å². The fourth-order valence-electron chi connectivity index (χ4n) is 2.59. The lowest BCUT2D eigenvalue weighted by Gasteiger charge is -2.01. The summed E-state index contributed by atoms with van der Waals surface area (Å²) in [7, 11) is 0. The fraction of sp³-hybridized carbons (Fsp3) is 0.714. The van der Waals surface area contributed by atoms with Crippen LogP contribution in [0.3, 0.4) is 0 Å². The molecule has 18 heteroatoms. The fourth-order valence-corrected chi connectivity index (χ4v) is 2.59. The topological polar surface area (TPSA) is 222 Å². The number of ether oxygens (including phenoxy) is 3. The lowest BCUT2D eigenvalue weighted by atomic mass is 10.3. The standard InChI is InChI=1S/2C8H14N4O2.C5H8N4O2/c1-4-14-8(13)5-7-9-10-11-12(7)6(2)3;1-4-14-8(13)5-7-9-11-12(10-7)6(2)3;1-2-11-5(10)3-4-6-8-9-7-4/h2*6H,4-5H2,1-3H3;2-3H2,1H3,(H,6,7,8,9)/p+1. The number of aromatic amines is 2. The van der Waals surface area contributed by atoms with Crippen molar-refractivity contribution in [2.45, 2.75) is 79.8 Å². The van der Waals surface area contributed by atoms with Gasteiger partial charge in [-0.2, -0.15) is 14.7 Å². The zero-order valence-electron chi connectivity index (χ0n) is 23.3. The summed E-state index contributed by atoms with van der Waals surface area (Å²) in [4.78, 5) is 34.5. The Kier molecular flexibility index (Phi) is 15.0. The highest BCUT2D eigenvalue weighted by atomic mass is 16.5. The number of esters is 3. The number of hydrogen-bond acceptors (Lipinski definition) is 14. The minimum Gasteiger partial charge on any atom is -0.466 e. The molecule has 3 aromatic heterocycles. The second-order valence-electron chi connectivity index (χ2n) is 8.07. The smallest absolute Gasteiger partial charge is 0.316 e. The van der Waals surface area contributed by atoms with Crippen molar-refractivity contribution in [3.8, 4) is 0 Å². The predicted octanol–water partition coefficient (Wildman–Crippen LogP) is -0.556. The second-order valence-corrected chi connectivity index (χ2v) is 8.07. The van der Waals surface area contributed by atoms with E-state index in [4.69, 9.17) is 9.47 Å². The first kappa shape index (κ1) is 32.6. The van der Waals surface area contributed by atoms with Crippen molar-refractivity contribution >= 4 is 17.9 Å². The molecule has 216 valence electrons. The monoisotopic (exact) mass is 553 g/mol. The summed E-state index contributed by atoms with van der Waals surface area (Å²) in [5.74, 6) is 0.402. The molecule has 0 fully saturated rings. The number of carbonyl (C=O) groups excluding carboxylic acids is 3. The molecular weight excluding hydrogens is 516 g/mol. The summed E-state index contributed by atoms with van der Waals surface area (Å²) in [6, 6.07) is 0.355. The molecule has 3 rings (SSSR count). The van der Waals surface area contributed by atoms with E-state index < -0.39 is 0 Å². The van der Waals surface area contributed by atoms with Gasteiger partial charge < -0.3 is 14.2 Å². The summed E-state index contributed by atoms with van der Waals surface area (Å²) < 4.78 is 16.0. The minimum absolute atomic E-state index is 0.0737. The summed E-state index contributed by atoms with van der Waals surface area (Å²) in [6.07, 6.45) is 0.313. The Hall–Kier alpha value is -4.38. The van der Waals surface area contributed by atoms with Crippen molar-refractivity contribution in [1.29, 1.82) is 0 Å². The van der Waals surface area contributed by atoms with Gasteiger partial charge in [0.05, 0.1) is 31.9 Å². The van der Waals surface area contributed by atoms with Crippen LogP contribution in [0.4, 0.5) is 0 Å². The highest BCUT2D eigenvalue weighted by Gasteiger charge is 2.20. The molecule has 0 radical (unpaired) electrons. The number of carbonyl (C=O) groups is 3. The molecule has 0 spiro atoms. The van der Waals surface area contributed by atoms with Crippen molar-refractivity contribution in [2.24, 2.45) is 0 Å². The summed E-state index contributed by atoms with van der Waals surface area (Å²) in [5, 5.41) is 34.4. The summed E-state index contributed by atoms with van der Waals surface area (Å²) in [6.45, 7) is 14.3. The summed E-state index contributed by atoms with van der Waals surface area (Å²) >= 11 is 0. The quantitative estimate of drug-likeness (QED) is 0.173. The second kappa shape index (κ2) is 18.0. The lowest BCUT2D eigenvalue weighted by molar-refractivity contribution is -0.777. The lowest BCUT2D eigenvalue weighted by Crippen LogP contribution is -2.43. The number of hydrogen-bond donors (Lipinski definition) is 2. The molecule has 0 atom stereocenters. The van der Waals surface area contributed by atoms with Gasteiger partial charge in [0.1, 0.15) is 24.4 Å². The van der Waals surface area contributed by atoms with Crippen LogP contribution in [0, 0.1) is 0 Å². The predicted molar refractivity (Wildman–Crippen MR) is 130 cm³/mol. The van der Waals surface area contributed by atoms with Crippen LogP contribution in [-0.2, 0) is 47.9 Å². The first-order chi connectivity index (χ1) is 18.6. The molecule has 39 heavy (non-hydrogen) atoms. The normalized spacial score (nSPS) is 10.3. The van der Waals surface area contributed by atoms with Crippen LogP contribution in [0.2, 0.25) is 0 Å². The van der Waals surface area contributed by atoms with Gasteiger partial charge in [-0.1, -0.05) is 10.4 Å². The Morgan fingerprint density at radius 2 is 1.36 bits per heavy atom. The Bertz CT molecular complexity index is 1110. The van der Waals surface area contributed by atoms with Crippen molar-refractivity contribution in [3.05, 3.63) is 17.5 Å². The van der Waals surface area contributed by atoms with Gasteiger partial charge in [-0.3, -0.25) is 14.4 Å². The molecule has 0 unspecified atom stereocenters. The molecule has 0 aliphatic heterocycles. The molecule has 3 heterocycles. The van der Waals surface area contributed by atoms with Crippen molar-refractivity contribution in [2.75, 3.05) is 19.8 Å². The van der Waals surface area contributed by atoms with Gasteiger partial charge in [-0.15, -0.1) is 20.4 Å². The van der Waals surface area contributed by atoms with Gasteiger partial charge in [0.2, 0.25) is 0 Å². The third-order valence-electron chi connectivity index (χ3n) is 4.26. The number of tetrazole rings is 3. The Balaban J connectivity index is 0.000000295. The van der Waals surface area contributed by atoms with Gasteiger partial charge in [0.15, 0.2) is 16.9 Å². The molecule has 0 aliphatic rings. The van der Waals surface area contributed by atoms with Crippen LogP contribution in [0.1, 0.15) is 78.0 Å². The number of rotatable bonds is 11. The molecule has 0 amide bonds. The van der Waals surface area contributed by atoms with E-state index in [-0.39, 0.29) is 49.3 Å². The maximum atomic E-state index is 11.2. The number of H-pyrrole nitrogens is 2. The maximum absolute atomic E-state index is 11.2. The molecule has 0 aromatic carbocycles. The van der Waals surface area contributed by atoms with E-state index in [1.54, 1.807) is 25.5 Å². The zero-order chi connectivity index (χ0) is 29.2. The highest BCUT2D eigenvalue weighted by molar-refractivity contribution is 5.71. The highest BCUT2D eigenvalue weighted by Crippen LogP contribution is 1.99. The third-order valence-corrected chi connectivity index (χ3v) is 4.26. The number of nitrogens with zero attached hydrogens (tertiary/aromatic N) is 10. The van der Waals surface area contributed by atoms with Gasteiger partial charge in [0.25, 0.3) is 0 Å². The minimum atomic E-state index is -0.339. The maximum Gasteiger partial charge on any atom is 0.316 e. The number of aromatic nitrogens is 12.